The molecule has 1 aliphatic heterocycles. The second kappa shape index (κ2) is 9.16. The van der Waals surface area contributed by atoms with Gasteiger partial charge in [0.25, 0.3) is 10.0 Å². The number of piperidine rings is 1. The summed E-state index contributed by atoms with van der Waals surface area (Å²) >= 11 is 1.22. The summed E-state index contributed by atoms with van der Waals surface area (Å²) in [5.41, 5.74) is 0. The van der Waals surface area contributed by atoms with Crippen molar-refractivity contribution in [2.45, 2.75) is 17.1 Å². The number of fused-ring (bicyclic) bond motifs is 1. The van der Waals surface area contributed by atoms with E-state index in [1.165, 1.54) is 15.6 Å². The topological polar surface area (TPSA) is 75.7 Å². The van der Waals surface area contributed by atoms with Crippen LogP contribution in [-0.4, -0.2) is 44.9 Å². The number of hydrogen-bond donors (Lipinski definition) is 1. The molecule has 1 N–H and O–H groups in total. The summed E-state index contributed by atoms with van der Waals surface area (Å²) in [5, 5.41) is 6.94. The number of nitrogens with zero attached hydrogens (tertiary/aromatic N) is 1. The van der Waals surface area contributed by atoms with Crippen molar-refractivity contribution in [2.75, 3.05) is 26.2 Å². The van der Waals surface area contributed by atoms with Crippen LogP contribution in [0.1, 0.15) is 12.8 Å². The maximum Gasteiger partial charge on any atom is 0.252 e. The summed E-state index contributed by atoms with van der Waals surface area (Å²) in [7, 11) is -3.43. The van der Waals surface area contributed by atoms with Crippen LogP contribution in [0.2, 0.25) is 0 Å². The van der Waals surface area contributed by atoms with Crippen molar-refractivity contribution in [1.82, 2.24) is 9.62 Å². The van der Waals surface area contributed by atoms with E-state index < -0.39 is 10.0 Å². The lowest BCUT2D eigenvalue weighted by atomic mass is 9.97. The Balaban J connectivity index is 1.21. The number of nitrogens with one attached hydrogen (secondary N) is 1. The highest BCUT2D eigenvalue weighted by Gasteiger charge is 2.32. The zero-order chi connectivity index (χ0) is 21.0. The minimum absolute atomic E-state index is 0.0368. The van der Waals surface area contributed by atoms with Gasteiger partial charge in [0.1, 0.15) is 16.6 Å². The van der Waals surface area contributed by atoms with Crippen molar-refractivity contribution in [2.24, 2.45) is 5.92 Å². The Hall–Kier alpha value is -2.42. The van der Waals surface area contributed by atoms with Crippen molar-refractivity contribution in [3.63, 3.8) is 0 Å². The smallest absolute Gasteiger partial charge is 0.252 e. The lowest BCUT2D eigenvalue weighted by Crippen LogP contribution is -2.43. The molecule has 2 aromatic carbocycles. The van der Waals surface area contributed by atoms with Gasteiger partial charge in [-0.2, -0.15) is 4.31 Å². The van der Waals surface area contributed by atoms with Gasteiger partial charge in [-0.25, -0.2) is 8.42 Å². The quantitative estimate of drug-likeness (QED) is 0.566. The minimum atomic E-state index is -3.43. The predicted molar refractivity (Wildman–Crippen MR) is 118 cm³/mol. The molecular weight excluding hydrogens is 420 g/mol. The Kier molecular flexibility index (Phi) is 6.36. The molecule has 30 heavy (non-hydrogen) atoms. The molecule has 0 bridgehead atoms. The van der Waals surface area contributed by atoms with Crippen molar-refractivity contribution < 1.29 is 17.9 Å². The number of benzene rings is 2. The second-order valence-corrected chi connectivity index (χ2v) is 10.4. The third kappa shape index (κ3) is 4.66. The average molecular weight is 445 g/mol. The molecule has 1 fully saturated rings. The molecule has 0 radical (unpaired) electrons. The van der Waals surface area contributed by atoms with Crippen LogP contribution in [-0.2, 0) is 14.8 Å². The van der Waals surface area contributed by atoms with Crippen LogP contribution in [0.3, 0.4) is 0 Å². The molecular formula is C22H24N2O4S2. The van der Waals surface area contributed by atoms with Gasteiger partial charge < -0.3 is 10.1 Å². The molecule has 158 valence electrons. The largest absolute Gasteiger partial charge is 0.492 e. The summed E-state index contributed by atoms with van der Waals surface area (Å²) in [4.78, 5) is 12.4. The lowest BCUT2D eigenvalue weighted by molar-refractivity contribution is -0.126. The first kappa shape index (κ1) is 20.8. The SMILES string of the molecule is O=C(NCCOc1ccc2ccccc2c1)C1CCN(S(=O)(=O)c2cccs2)CC1. The Morgan fingerprint density at radius 3 is 2.57 bits per heavy atom. The van der Waals surface area contributed by atoms with Crippen molar-refractivity contribution in [3.05, 3.63) is 60.0 Å². The number of thiophene rings is 1. The van der Waals surface area contributed by atoms with Crippen LogP contribution in [0.25, 0.3) is 10.8 Å². The maximum atomic E-state index is 12.6. The highest BCUT2D eigenvalue weighted by Crippen LogP contribution is 2.26. The van der Waals surface area contributed by atoms with Crippen LogP contribution in [0.15, 0.2) is 64.2 Å². The first-order valence-corrected chi connectivity index (χ1v) is 12.3. The van der Waals surface area contributed by atoms with E-state index >= 15 is 0 Å². The van der Waals surface area contributed by atoms with E-state index in [4.69, 9.17) is 4.74 Å². The van der Waals surface area contributed by atoms with E-state index in [1.54, 1.807) is 17.5 Å². The number of sulfonamides is 1. The highest BCUT2D eigenvalue weighted by molar-refractivity contribution is 7.91. The summed E-state index contributed by atoms with van der Waals surface area (Å²) < 4.78 is 32.7. The monoisotopic (exact) mass is 444 g/mol. The van der Waals surface area contributed by atoms with Gasteiger partial charge >= 0.3 is 0 Å². The van der Waals surface area contributed by atoms with Crippen molar-refractivity contribution in [3.8, 4) is 5.75 Å². The van der Waals surface area contributed by atoms with Gasteiger partial charge in [-0.1, -0.05) is 36.4 Å². The Morgan fingerprint density at radius 2 is 1.83 bits per heavy atom. The molecule has 2 heterocycles. The Bertz CT molecular complexity index is 1110. The van der Waals surface area contributed by atoms with E-state index in [2.05, 4.69) is 11.4 Å². The van der Waals surface area contributed by atoms with Gasteiger partial charge in [-0.05, 0) is 47.2 Å². The molecule has 1 aliphatic rings. The third-order valence-corrected chi connectivity index (χ3v) is 8.58. The molecule has 8 heteroatoms. The van der Waals surface area contributed by atoms with E-state index in [1.807, 2.05) is 36.4 Å². The molecule has 1 amide bonds. The molecule has 0 aliphatic carbocycles. The first-order chi connectivity index (χ1) is 14.5. The maximum absolute atomic E-state index is 12.6. The molecule has 4 rings (SSSR count). The van der Waals surface area contributed by atoms with Crippen LogP contribution < -0.4 is 10.1 Å². The van der Waals surface area contributed by atoms with E-state index in [9.17, 15) is 13.2 Å². The number of ether oxygens (including phenoxy) is 1. The normalized spacial score (nSPS) is 15.9. The predicted octanol–water partition coefficient (Wildman–Crippen LogP) is 3.50. The number of rotatable bonds is 7. The third-order valence-electron chi connectivity index (χ3n) is 5.30. The van der Waals surface area contributed by atoms with E-state index in [0.717, 1.165) is 16.5 Å². The van der Waals surface area contributed by atoms with Crippen molar-refractivity contribution in [1.29, 1.82) is 0 Å². The molecule has 0 spiro atoms. The number of amides is 1. The fourth-order valence-electron chi connectivity index (χ4n) is 3.64. The lowest BCUT2D eigenvalue weighted by Gasteiger charge is -2.30. The molecule has 0 unspecified atom stereocenters. The molecule has 1 saturated heterocycles. The minimum Gasteiger partial charge on any atom is -0.492 e. The number of hydrogen-bond acceptors (Lipinski definition) is 5. The fraction of sp³-hybridized carbons (Fsp3) is 0.318. The van der Waals surface area contributed by atoms with Gasteiger partial charge in [-0.15, -0.1) is 11.3 Å². The number of carbonyl (C=O) groups excluding carboxylic acids is 1. The van der Waals surface area contributed by atoms with Crippen molar-refractivity contribution >= 4 is 38.0 Å². The molecule has 1 aromatic heterocycles. The van der Waals surface area contributed by atoms with E-state index in [-0.39, 0.29) is 11.8 Å². The van der Waals surface area contributed by atoms with Crippen LogP contribution in [0.5, 0.6) is 5.75 Å². The standard InChI is InChI=1S/C22H24N2O4S2/c25-22(18-9-12-24(13-10-18)30(26,27)21-6-3-15-29-21)23-11-14-28-20-8-7-17-4-1-2-5-19(17)16-20/h1-8,15-16,18H,9-14H2,(H,23,25). The summed E-state index contributed by atoms with van der Waals surface area (Å²) in [6.07, 6.45) is 1.06. The van der Waals surface area contributed by atoms with Crippen LogP contribution >= 0.6 is 11.3 Å². The molecule has 0 saturated carbocycles. The molecule has 6 nitrogen and oxygen atoms in total. The number of carbonyl (C=O) groups is 1. The van der Waals surface area contributed by atoms with E-state index in [0.29, 0.717) is 43.3 Å². The average Bonchev–Trinajstić information content (AvgIpc) is 3.32. The first-order valence-electron chi connectivity index (χ1n) is 9.97. The van der Waals surface area contributed by atoms with Gasteiger partial charge in [-0.3, -0.25) is 4.79 Å². The van der Waals surface area contributed by atoms with Gasteiger partial charge in [0.15, 0.2) is 0 Å². The molecule has 0 atom stereocenters. The van der Waals surface area contributed by atoms with Gasteiger partial charge in [0.05, 0.1) is 6.54 Å². The van der Waals surface area contributed by atoms with Gasteiger partial charge in [0.2, 0.25) is 5.91 Å². The Labute approximate surface area is 180 Å². The van der Waals surface area contributed by atoms with Crippen LogP contribution in [0.4, 0.5) is 0 Å². The summed E-state index contributed by atoms with van der Waals surface area (Å²) in [6.45, 7) is 1.53. The highest BCUT2D eigenvalue weighted by atomic mass is 32.2. The summed E-state index contributed by atoms with van der Waals surface area (Å²) in [6, 6.07) is 17.4. The molecule has 3 aromatic rings. The second-order valence-electron chi connectivity index (χ2n) is 7.26. The fourth-order valence-corrected chi connectivity index (χ4v) is 6.25. The zero-order valence-corrected chi connectivity index (χ0v) is 18.1. The zero-order valence-electron chi connectivity index (χ0n) is 16.5. The summed E-state index contributed by atoms with van der Waals surface area (Å²) in [5.74, 6) is 0.570. The Morgan fingerprint density at radius 1 is 1.07 bits per heavy atom. The van der Waals surface area contributed by atoms with Gasteiger partial charge in [0, 0.05) is 19.0 Å². The van der Waals surface area contributed by atoms with Crippen LogP contribution in [0, 0.1) is 5.92 Å².